The molecule has 0 radical (unpaired) electrons. The topological polar surface area (TPSA) is 141 Å². The molecule has 46 heavy (non-hydrogen) atoms. The van der Waals surface area contributed by atoms with E-state index in [0.717, 1.165) is 58.0 Å². The van der Waals surface area contributed by atoms with Gasteiger partial charge in [-0.2, -0.15) is 5.10 Å². The molecule has 13 heteroatoms. The van der Waals surface area contributed by atoms with Crippen molar-refractivity contribution < 1.29 is 23.6 Å². The SMILES string of the molecule is CCn1nccc1C(=O)NC(C(=O)Nc1ccc(C(C)C(NC(=O)NC2CC2)C(=O)N2CCN(C)CC2)cc1F)C1CCCCC1. The number of hydrogen-bond donors (Lipinski definition) is 4. The number of rotatable bonds is 11. The van der Waals surface area contributed by atoms with E-state index in [1.807, 2.05) is 14.0 Å². The van der Waals surface area contributed by atoms with Crippen molar-refractivity contribution in [1.82, 2.24) is 35.5 Å². The maximum atomic E-state index is 15.7. The Bertz CT molecular complexity index is 1400. The molecule has 3 atom stereocenters. The fourth-order valence-corrected chi connectivity index (χ4v) is 6.40. The number of aromatic nitrogens is 2. The molecule has 0 spiro atoms. The Morgan fingerprint density at radius 3 is 2.35 bits per heavy atom. The second-order valence-electron chi connectivity index (χ2n) is 12.9. The first-order valence-corrected chi connectivity index (χ1v) is 16.6. The standard InChI is InChI=1S/C33H47FN8O4/c1-4-42-27(14-15-35-42)30(43)38-29(22-8-6-5-7-9-22)31(44)37-26-13-10-23(20-25(26)34)21(2)28(39-33(46)36-24-11-12-24)32(45)41-18-16-40(3)17-19-41/h10,13-15,20-22,24,28-29H,4-9,11-12,16-19H2,1-3H3,(H,37,44)(H,38,43)(H2,36,39,46). The van der Waals surface area contributed by atoms with E-state index in [-0.39, 0.29) is 23.6 Å². The number of carbonyl (C=O) groups excluding carboxylic acids is 4. The summed E-state index contributed by atoms with van der Waals surface area (Å²) >= 11 is 0. The lowest BCUT2D eigenvalue weighted by Gasteiger charge is -2.36. The number of nitrogens with one attached hydrogen (secondary N) is 4. The number of piperazine rings is 1. The molecule has 2 saturated carbocycles. The Morgan fingerprint density at radius 2 is 1.70 bits per heavy atom. The quantitative estimate of drug-likeness (QED) is 0.298. The van der Waals surface area contributed by atoms with E-state index in [1.54, 1.807) is 34.8 Å². The largest absolute Gasteiger partial charge is 0.339 e. The van der Waals surface area contributed by atoms with Gasteiger partial charge in [0.2, 0.25) is 11.8 Å². The molecule has 5 rings (SSSR count). The predicted molar refractivity (Wildman–Crippen MR) is 172 cm³/mol. The van der Waals surface area contributed by atoms with Crippen molar-refractivity contribution in [1.29, 1.82) is 0 Å². The van der Waals surface area contributed by atoms with Crippen molar-refractivity contribution in [3.63, 3.8) is 0 Å². The minimum atomic E-state index is -0.899. The molecule has 5 amide bonds. The zero-order valence-corrected chi connectivity index (χ0v) is 27.1. The summed E-state index contributed by atoms with van der Waals surface area (Å²) in [6, 6.07) is 4.03. The molecule has 1 saturated heterocycles. The number of anilines is 1. The molecule has 1 aromatic heterocycles. The lowest BCUT2D eigenvalue weighted by Crippen LogP contribution is -2.57. The molecular formula is C33H47FN8O4. The molecule has 12 nitrogen and oxygen atoms in total. The number of likely N-dealkylation sites (N-methyl/N-ethyl adjacent to an activating group) is 1. The molecule has 4 N–H and O–H groups in total. The highest BCUT2D eigenvalue weighted by molar-refractivity contribution is 6.00. The van der Waals surface area contributed by atoms with Gasteiger partial charge in [-0.05, 0) is 69.3 Å². The number of amides is 5. The van der Waals surface area contributed by atoms with Crippen LogP contribution in [0.3, 0.4) is 0 Å². The van der Waals surface area contributed by atoms with E-state index >= 15 is 4.39 Å². The van der Waals surface area contributed by atoms with Crippen LogP contribution in [0.4, 0.5) is 14.9 Å². The summed E-state index contributed by atoms with van der Waals surface area (Å²) in [6.07, 6.45) is 7.93. The number of carbonyl (C=O) groups is 4. The van der Waals surface area contributed by atoms with Crippen molar-refractivity contribution in [2.75, 3.05) is 38.5 Å². The monoisotopic (exact) mass is 638 g/mol. The lowest BCUT2D eigenvalue weighted by atomic mass is 9.83. The van der Waals surface area contributed by atoms with Gasteiger partial charge in [-0.15, -0.1) is 0 Å². The van der Waals surface area contributed by atoms with E-state index in [0.29, 0.717) is 30.9 Å². The van der Waals surface area contributed by atoms with Gasteiger partial charge in [-0.1, -0.05) is 32.3 Å². The molecule has 1 aliphatic heterocycles. The van der Waals surface area contributed by atoms with E-state index in [1.165, 1.54) is 12.1 Å². The van der Waals surface area contributed by atoms with Crippen molar-refractivity contribution in [3.8, 4) is 0 Å². The highest BCUT2D eigenvalue weighted by Gasteiger charge is 2.35. The van der Waals surface area contributed by atoms with Gasteiger partial charge in [0.05, 0.1) is 5.69 Å². The van der Waals surface area contributed by atoms with Crippen LogP contribution in [0.15, 0.2) is 30.5 Å². The van der Waals surface area contributed by atoms with Crippen molar-refractivity contribution >= 4 is 29.4 Å². The molecular weight excluding hydrogens is 591 g/mol. The second kappa shape index (κ2) is 15.1. The number of hydrogen-bond acceptors (Lipinski definition) is 6. The zero-order chi connectivity index (χ0) is 32.8. The molecule has 3 fully saturated rings. The van der Waals surface area contributed by atoms with Gasteiger partial charge in [-0.25, -0.2) is 9.18 Å². The number of nitrogens with zero attached hydrogens (tertiary/aromatic N) is 4. The minimum Gasteiger partial charge on any atom is -0.339 e. The zero-order valence-electron chi connectivity index (χ0n) is 27.1. The highest BCUT2D eigenvalue weighted by Crippen LogP contribution is 2.29. The summed E-state index contributed by atoms with van der Waals surface area (Å²) < 4.78 is 17.2. The van der Waals surface area contributed by atoms with Crippen LogP contribution in [-0.2, 0) is 16.1 Å². The number of urea groups is 1. The number of aryl methyl sites for hydroxylation is 1. The molecule has 0 bridgehead atoms. The molecule has 2 heterocycles. The third kappa shape index (κ3) is 8.23. The fourth-order valence-electron chi connectivity index (χ4n) is 6.40. The van der Waals surface area contributed by atoms with Gasteiger partial charge in [0.1, 0.15) is 23.6 Å². The second-order valence-corrected chi connectivity index (χ2v) is 12.9. The Morgan fingerprint density at radius 1 is 0.978 bits per heavy atom. The smallest absolute Gasteiger partial charge is 0.315 e. The summed E-state index contributed by atoms with van der Waals surface area (Å²) in [5, 5.41) is 15.5. The fraction of sp³-hybridized carbons (Fsp3) is 0.606. The maximum absolute atomic E-state index is 15.7. The van der Waals surface area contributed by atoms with Crippen LogP contribution in [0.1, 0.15) is 80.8 Å². The van der Waals surface area contributed by atoms with E-state index in [4.69, 9.17) is 0 Å². The van der Waals surface area contributed by atoms with Gasteiger partial charge in [-0.3, -0.25) is 19.1 Å². The third-order valence-corrected chi connectivity index (χ3v) is 9.50. The van der Waals surface area contributed by atoms with Crippen LogP contribution in [0.2, 0.25) is 0 Å². The molecule has 2 aliphatic carbocycles. The Balaban J connectivity index is 1.31. The molecule has 3 aliphatic rings. The summed E-state index contributed by atoms with van der Waals surface area (Å²) in [7, 11) is 2.00. The molecule has 1 aromatic carbocycles. The highest BCUT2D eigenvalue weighted by atomic mass is 19.1. The average molecular weight is 639 g/mol. The van der Waals surface area contributed by atoms with Crippen LogP contribution in [0, 0.1) is 11.7 Å². The van der Waals surface area contributed by atoms with Crippen LogP contribution >= 0.6 is 0 Å². The van der Waals surface area contributed by atoms with Crippen LogP contribution in [0.25, 0.3) is 0 Å². The van der Waals surface area contributed by atoms with Gasteiger partial charge in [0.15, 0.2) is 0 Å². The van der Waals surface area contributed by atoms with Gasteiger partial charge in [0.25, 0.3) is 5.91 Å². The van der Waals surface area contributed by atoms with Crippen LogP contribution in [-0.4, -0.2) is 94.7 Å². The van der Waals surface area contributed by atoms with Gasteiger partial charge in [0, 0.05) is 50.9 Å². The molecule has 2 aromatic rings. The van der Waals surface area contributed by atoms with Crippen molar-refractivity contribution in [3.05, 3.63) is 47.5 Å². The minimum absolute atomic E-state index is 0.0176. The summed E-state index contributed by atoms with van der Waals surface area (Å²) in [6.45, 7) is 6.73. The first-order chi connectivity index (χ1) is 22.1. The van der Waals surface area contributed by atoms with Crippen molar-refractivity contribution in [2.24, 2.45) is 5.92 Å². The molecule has 3 unspecified atom stereocenters. The Hall–Kier alpha value is -4.00. The number of benzene rings is 1. The summed E-state index contributed by atoms with van der Waals surface area (Å²) in [5.41, 5.74) is 0.858. The Kier molecular flexibility index (Phi) is 10.9. The van der Waals surface area contributed by atoms with Gasteiger partial charge < -0.3 is 31.1 Å². The van der Waals surface area contributed by atoms with Crippen molar-refractivity contribution in [2.45, 2.75) is 89.4 Å². The predicted octanol–water partition coefficient (Wildman–Crippen LogP) is 3.07. The maximum Gasteiger partial charge on any atom is 0.315 e. The summed E-state index contributed by atoms with van der Waals surface area (Å²) in [5.74, 6) is -2.38. The number of halogens is 1. The first-order valence-electron chi connectivity index (χ1n) is 16.6. The Labute approximate surface area is 269 Å². The first kappa shape index (κ1) is 33.4. The lowest BCUT2D eigenvalue weighted by molar-refractivity contribution is -0.135. The third-order valence-electron chi connectivity index (χ3n) is 9.50. The normalized spacial score (nSPS) is 19.5. The van der Waals surface area contributed by atoms with E-state index in [9.17, 15) is 19.2 Å². The molecule has 250 valence electrons. The van der Waals surface area contributed by atoms with E-state index in [2.05, 4.69) is 31.3 Å². The van der Waals surface area contributed by atoms with Crippen LogP contribution < -0.4 is 21.3 Å². The summed E-state index contributed by atoms with van der Waals surface area (Å²) in [4.78, 5) is 57.1. The van der Waals surface area contributed by atoms with Gasteiger partial charge >= 0.3 is 6.03 Å². The van der Waals surface area contributed by atoms with Crippen LogP contribution in [0.5, 0.6) is 0 Å². The average Bonchev–Trinajstić information content (AvgIpc) is 3.74. The van der Waals surface area contributed by atoms with E-state index < -0.39 is 41.7 Å².